The van der Waals surface area contributed by atoms with Gasteiger partial charge in [0.05, 0.1) is 12.6 Å². The number of amides is 1. The van der Waals surface area contributed by atoms with E-state index in [9.17, 15) is 9.59 Å². The Morgan fingerprint density at radius 2 is 2.05 bits per heavy atom. The fourth-order valence-electron chi connectivity index (χ4n) is 2.75. The summed E-state index contributed by atoms with van der Waals surface area (Å²) in [5, 5.41) is 2.89. The zero-order valence-electron chi connectivity index (χ0n) is 14.1. The molecule has 1 aliphatic heterocycles. The normalized spacial score (nSPS) is 22.4. The van der Waals surface area contributed by atoms with Gasteiger partial charge in [-0.25, -0.2) is 4.79 Å². The largest absolute Gasteiger partial charge is 0.463 e. The second kappa shape index (κ2) is 8.90. The third kappa shape index (κ3) is 5.10. The Morgan fingerprint density at radius 3 is 2.55 bits per heavy atom. The number of hydrogen-bond acceptors (Lipinski definition) is 5. The van der Waals surface area contributed by atoms with Crippen LogP contribution in [0.15, 0.2) is 11.6 Å². The summed E-state index contributed by atoms with van der Waals surface area (Å²) < 4.78 is 5.08. The van der Waals surface area contributed by atoms with Gasteiger partial charge in [-0.3, -0.25) is 9.69 Å². The minimum atomic E-state index is -0.425. The lowest BCUT2D eigenvalue weighted by Crippen LogP contribution is -2.60. The van der Waals surface area contributed by atoms with Crippen molar-refractivity contribution in [1.29, 1.82) is 0 Å². The molecular weight excluding hydrogens is 282 g/mol. The van der Waals surface area contributed by atoms with Gasteiger partial charge in [-0.15, -0.1) is 0 Å². The Hall–Kier alpha value is -1.40. The lowest BCUT2D eigenvalue weighted by molar-refractivity contribution is -0.139. The first-order chi connectivity index (χ1) is 10.4. The molecule has 6 nitrogen and oxygen atoms in total. The van der Waals surface area contributed by atoms with Crippen molar-refractivity contribution in [2.75, 3.05) is 19.7 Å². The van der Waals surface area contributed by atoms with Crippen molar-refractivity contribution in [3.63, 3.8) is 0 Å². The summed E-state index contributed by atoms with van der Waals surface area (Å²) in [6, 6.07) is -0.425. The summed E-state index contributed by atoms with van der Waals surface area (Å²) in [6.07, 6.45) is 3.53. The second-order valence-electron chi connectivity index (χ2n) is 5.75. The molecule has 1 aliphatic rings. The van der Waals surface area contributed by atoms with Crippen LogP contribution in [0.5, 0.6) is 0 Å². The maximum absolute atomic E-state index is 12.0. The van der Waals surface area contributed by atoms with Gasteiger partial charge in [-0.1, -0.05) is 32.8 Å². The molecule has 0 saturated heterocycles. The van der Waals surface area contributed by atoms with Crippen LogP contribution in [-0.2, 0) is 14.3 Å². The van der Waals surface area contributed by atoms with Gasteiger partial charge in [0, 0.05) is 25.6 Å². The molecule has 2 atom stereocenters. The predicted octanol–water partition coefficient (Wildman–Crippen LogP) is 1.02. The maximum Gasteiger partial charge on any atom is 0.335 e. The number of nitrogens with two attached hydrogens (primary N) is 1. The minimum Gasteiger partial charge on any atom is -0.463 e. The molecule has 1 rings (SSSR count). The van der Waals surface area contributed by atoms with Gasteiger partial charge >= 0.3 is 5.97 Å². The summed E-state index contributed by atoms with van der Waals surface area (Å²) in [6.45, 7) is 9.14. The molecule has 126 valence electrons. The van der Waals surface area contributed by atoms with Crippen LogP contribution in [0, 0.1) is 5.92 Å². The van der Waals surface area contributed by atoms with Gasteiger partial charge in [0.25, 0.3) is 0 Å². The number of nitrogens with one attached hydrogen (secondary N) is 1. The molecule has 0 aromatic heterocycles. The van der Waals surface area contributed by atoms with Crippen molar-refractivity contribution in [1.82, 2.24) is 10.2 Å². The summed E-state index contributed by atoms with van der Waals surface area (Å²) in [4.78, 5) is 25.5. The van der Waals surface area contributed by atoms with Crippen molar-refractivity contribution >= 4 is 11.9 Å². The van der Waals surface area contributed by atoms with E-state index in [2.05, 4.69) is 24.1 Å². The van der Waals surface area contributed by atoms with Gasteiger partial charge in [0.1, 0.15) is 6.17 Å². The number of carbonyl (C=O) groups is 2. The van der Waals surface area contributed by atoms with Crippen LogP contribution in [0.2, 0.25) is 0 Å². The van der Waals surface area contributed by atoms with Crippen LogP contribution < -0.4 is 11.1 Å². The average Bonchev–Trinajstić information content (AvgIpc) is 2.47. The summed E-state index contributed by atoms with van der Waals surface area (Å²) >= 11 is 0. The molecule has 0 aliphatic carbocycles. The van der Waals surface area contributed by atoms with Crippen LogP contribution in [0.4, 0.5) is 0 Å². The van der Waals surface area contributed by atoms with E-state index in [1.54, 1.807) is 13.0 Å². The highest BCUT2D eigenvalue weighted by molar-refractivity contribution is 5.89. The molecular formula is C16H29N3O3. The highest BCUT2D eigenvalue weighted by Gasteiger charge is 2.33. The first kappa shape index (κ1) is 18.6. The van der Waals surface area contributed by atoms with Crippen molar-refractivity contribution in [3.8, 4) is 0 Å². The molecule has 2 unspecified atom stereocenters. The molecule has 0 radical (unpaired) electrons. The first-order valence-electron chi connectivity index (χ1n) is 8.07. The number of esters is 1. The Balaban J connectivity index is 2.93. The third-order valence-corrected chi connectivity index (χ3v) is 4.06. The lowest BCUT2D eigenvalue weighted by atomic mass is 9.98. The number of carbonyl (C=O) groups excluding carboxylic acids is 2. The van der Waals surface area contributed by atoms with Crippen LogP contribution in [0.3, 0.4) is 0 Å². The number of ether oxygens (including phenoxy) is 1. The zero-order valence-corrected chi connectivity index (χ0v) is 14.1. The molecule has 22 heavy (non-hydrogen) atoms. The SMILES string of the molecule is CCOC(=O)C1=CC(N)C(NC(C)=O)N(CC(CC)CC)C1. The Kier molecular flexibility index (Phi) is 7.55. The third-order valence-electron chi connectivity index (χ3n) is 4.06. The Morgan fingerprint density at radius 1 is 1.41 bits per heavy atom. The molecule has 3 N–H and O–H groups in total. The van der Waals surface area contributed by atoms with E-state index in [0.717, 1.165) is 19.4 Å². The molecule has 0 bridgehead atoms. The van der Waals surface area contributed by atoms with Crippen molar-refractivity contribution in [2.24, 2.45) is 11.7 Å². The van der Waals surface area contributed by atoms with E-state index < -0.39 is 6.04 Å². The lowest BCUT2D eigenvalue weighted by Gasteiger charge is -2.40. The Bertz CT molecular complexity index is 419. The minimum absolute atomic E-state index is 0.122. The summed E-state index contributed by atoms with van der Waals surface area (Å²) in [5.41, 5.74) is 6.73. The van der Waals surface area contributed by atoms with Gasteiger partial charge in [-0.2, -0.15) is 0 Å². The monoisotopic (exact) mass is 311 g/mol. The molecule has 0 aromatic rings. The van der Waals surface area contributed by atoms with Crippen LogP contribution >= 0.6 is 0 Å². The van der Waals surface area contributed by atoms with E-state index in [1.807, 2.05) is 0 Å². The van der Waals surface area contributed by atoms with Crippen molar-refractivity contribution in [2.45, 2.75) is 52.7 Å². The van der Waals surface area contributed by atoms with Crippen LogP contribution in [0.25, 0.3) is 0 Å². The standard InChI is InChI=1S/C16H29N3O3/c1-5-12(6-2)9-19-10-13(16(21)22-7-3)8-14(17)15(19)18-11(4)20/h8,12,14-15H,5-7,9-10,17H2,1-4H3,(H,18,20). The van der Waals surface area contributed by atoms with Crippen LogP contribution in [0.1, 0.15) is 40.5 Å². The van der Waals surface area contributed by atoms with Crippen molar-refractivity contribution in [3.05, 3.63) is 11.6 Å². The fraction of sp³-hybridized carbons (Fsp3) is 0.750. The molecule has 0 spiro atoms. The molecule has 0 fully saturated rings. The van der Waals surface area contributed by atoms with E-state index in [-0.39, 0.29) is 18.0 Å². The van der Waals surface area contributed by atoms with Gasteiger partial charge in [-0.05, 0) is 12.8 Å². The maximum atomic E-state index is 12.0. The van der Waals surface area contributed by atoms with Gasteiger partial charge in [0.15, 0.2) is 0 Å². The van der Waals surface area contributed by atoms with Gasteiger partial charge in [0.2, 0.25) is 5.91 Å². The van der Waals surface area contributed by atoms with Crippen molar-refractivity contribution < 1.29 is 14.3 Å². The second-order valence-corrected chi connectivity index (χ2v) is 5.75. The number of hydrogen-bond donors (Lipinski definition) is 2. The van der Waals surface area contributed by atoms with E-state index in [0.29, 0.717) is 24.6 Å². The highest BCUT2D eigenvalue weighted by atomic mass is 16.5. The van der Waals surface area contributed by atoms with Gasteiger partial charge < -0.3 is 15.8 Å². The van der Waals surface area contributed by atoms with E-state index >= 15 is 0 Å². The van der Waals surface area contributed by atoms with E-state index in [1.165, 1.54) is 6.92 Å². The highest BCUT2D eigenvalue weighted by Crippen LogP contribution is 2.19. The first-order valence-corrected chi connectivity index (χ1v) is 8.07. The summed E-state index contributed by atoms with van der Waals surface area (Å²) in [7, 11) is 0. The molecule has 6 heteroatoms. The smallest absolute Gasteiger partial charge is 0.335 e. The number of rotatable bonds is 7. The zero-order chi connectivity index (χ0) is 16.7. The Labute approximate surface area is 133 Å². The molecule has 1 amide bonds. The quantitative estimate of drug-likeness (QED) is 0.686. The number of nitrogens with zero attached hydrogens (tertiary/aromatic N) is 1. The topological polar surface area (TPSA) is 84.7 Å². The molecule has 0 saturated carbocycles. The summed E-state index contributed by atoms with van der Waals surface area (Å²) in [5.74, 6) is 0.0572. The average molecular weight is 311 g/mol. The predicted molar refractivity (Wildman–Crippen MR) is 85.9 cm³/mol. The van der Waals surface area contributed by atoms with Crippen LogP contribution in [-0.4, -0.2) is 48.7 Å². The van der Waals surface area contributed by atoms with E-state index in [4.69, 9.17) is 10.5 Å². The fourth-order valence-corrected chi connectivity index (χ4v) is 2.75. The molecule has 1 heterocycles. The molecule has 0 aromatic carbocycles.